The molecule has 1 aliphatic heterocycles. The maximum atomic E-state index is 12.1. The molecule has 3 N–H and O–H groups in total. The molecule has 0 radical (unpaired) electrons. The van der Waals surface area contributed by atoms with Crippen molar-refractivity contribution in [3.05, 3.63) is 105 Å². The van der Waals surface area contributed by atoms with Gasteiger partial charge in [0.1, 0.15) is 0 Å². The summed E-state index contributed by atoms with van der Waals surface area (Å²) in [6, 6.07) is 22.7. The Balaban J connectivity index is 0.000000145. The number of aryl methyl sites for hydroxylation is 1. The summed E-state index contributed by atoms with van der Waals surface area (Å²) in [6.45, 7) is 5.73. The first-order valence-corrected chi connectivity index (χ1v) is 14.9. The number of hydrogen-bond donors (Lipinski definition) is 3. The average Bonchev–Trinajstić information content (AvgIpc) is 3.51. The molecule has 0 saturated heterocycles. The number of carbonyl (C=O) groups is 1. The van der Waals surface area contributed by atoms with Gasteiger partial charge in [-0.05, 0) is 79.3 Å². The average molecular weight is 574 g/mol. The summed E-state index contributed by atoms with van der Waals surface area (Å²) in [5, 5.41) is 6.92. The van der Waals surface area contributed by atoms with Crippen LogP contribution in [0.1, 0.15) is 53.8 Å². The summed E-state index contributed by atoms with van der Waals surface area (Å²) in [6.07, 6.45) is 4.06. The first-order chi connectivity index (χ1) is 19.5. The Morgan fingerprint density at radius 2 is 1.62 bits per heavy atom. The number of amides is 1. The molecule has 7 heteroatoms. The van der Waals surface area contributed by atoms with Crippen molar-refractivity contribution in [2.45, 2.75) is 51.6 Å². The zero-order valence-electron chi connectivity index (χ0n) is 22.7. The lowest BCUT2D eigenvalue weighted by molar-refractivity contribution is -0.122. The number of likely N-dealkylation sites (N-methyl/N-ethyl adjacent to an activating group) is 1. The van der Waals surface area contributed by atoms with E-state index in [1.54, 1.807) is 0 Å². The van der Waals surface area contributed by atoms with E-state index in [1.807, 2.05) is 31.2 Å². The first-order valence-electron chi connectivity index (χ1n) is 14.1. The van der Waals surface area contributed by atoms with Crippen LogP contribution in [0, 0.1) is 0 Å². The number of rotatable bonds is 4. The van der Waals surface area contributed by atoms with Gasteiger partial charge >= 0.3 is 0 Å². The van der Waals surface area contributed by atoms with E-state index < -0.39 is 0 Å². The fourth-order valence-corrected chi connectivity index (χ4v) is 6.56. The van der Waals surface area contributed by atoms with Gasteiger partial charge in [0.2, 0.25) is 5.91 Å². The number of halogens is 2. The highest BCUT2D eigenvalue weighted by atomic mass is 35.5. The zero-order chi connectivity index (χ0) is 27.6. The molecule has 1 amide bonds. The number of aromatic amines is 2. The molecule has 7 rings (SSSR count). The normalized spacial score (nSPS) is 16.7. The van der Waals surface area contributed by atoms with Crippen molar-refractivity contribution >= 4 is 50.9 Å². The predicted molar refractivity (Wildman–Crippen MR) is 165 cm³/mol. The second-order valence-corrected chi connectivity index (χ2v) is 11.6. The third-order valence-electron chi connectivity index (χ3n) is 8.10. The molecule has 0 saturated carbocycles. The number of fused-ring (bicyclic) bond motifs is 6. The second-order valence-electron chi connectivity index (χ2n) is 10.8. The quantitative estimate of drug-likeness (QED) is 0.206. The molecule has 5 aromatic rings. The summed E-state index contributed by atoms with van der Waals surface area (Å²) >= 11 is 12.2. The molecule has 5 nitrogen and oxygen atoms in total. The second kappa shape index (κ2) is 11.7. The molecule has 40 heavy (non-hydrogen) atoms. The van der Waals surface area contributed by atoms with E-state index in [0.717, 1.165) is 72.0 Å². The van der Waals surface area contributed by atoms with Crippen LogP contribution < -0.4 is 5.32 Å². The van der Waals surface area contributed by atoms with Crippen LogP contribution in [0.4, 0.5) is 0 Å². The number of aromatic nitrogens is 2. The molecular formula is C33H34Cl2N4O. The lowest BCUT2D eigenvalue weighted by atomic mass is 9.86. The van der Waals surface area contributed by atoms with Gasteiger partial charge in [-0.3, -0.25) is 9.69 Å². The topological polar surface area (TPSA) is 63.9 Å². The van der Waals surface area contributed by atoms with E-state index in [1.165, 1.54) is 33.3 Å². The highest BCUT2D eigenvalue weighted by Gasteiger charge is 2.29. The van der Waals surface area contributed by atoms with Crippen LogP contribution in [0.25, 0.3) is 21.8 Å². The Morgan fingerprint density at radius 3 is 2.35 bits per heavy atom. The molecule has 2 aliphatic rings. The van der Waals surface area contributed by atoms with Gasteiger partial charge in [0.05, 0.1) is 5.92 Å². The minimum absolute atomic E-state index is 0.0464. The van der Waals surface area contributed by atoms with Crippen LogP contribution in [0.2, 0.25) is 10.0 Å². The standard InChI is InChI=1S/C18H17ClN2.C15H17ClN2O/c19-14-6-7-17-15(10-14)16-12-21(9-8-18(16)20-17)11-13-4-2-1-3-5-13;1-2-17-15(19)11-5-3-4-10-12-8-9(16)6-7-13(12)18-14(10)11/h1-7,10,20H,8-9,11-12H2;6-8,11,18H,2-5H2,1H3,(H,17,19). The minimum atomic E-state index is -0.0464. The number of benzene rings is 3. The fraction of sp³-hybridized carbons (Fsp3) is 0.303. The molecule has 1 unspecified atom stereocenters. The molecule has 0 spiro atoms. The van der Waals surface area contributed by atoms with Crippen molar-refractivity contribution in [1.29, 1.82) is 0 Å². The van der Waals surface area contributed by atoms with E-state index in [-0.39, 0.29) is 11.8 Å². The van der Waals surface area contributed by atoms with Crippen molar-refractivity contribution in [2.24, 2.45) is 0 Å². The van der Waals surface area contributed by atoms with Crippen molar-refractivity contribution in [2.75, 3.05) is 13.1 Å². The lowest BCUT2D eigenvalue weighted by Crippen LogP contribution is -2.31. The smallest absolute Gasteiger partial charge is 0.229 e. The Bertz CT molecular complexity index is 1660. The van der Waals surface area contributed by atoms with Gasteiger partial charge in [-0.15, -0.1) is 0 Å². The first kappa shape index (κ1) is 26.9. The van der Waals surface area contributed by atoms with Crippen LogP contribution >= 0.6 is 23.2 Å². The van der Waals surface area contributed by atoms with Gasteiger partial charge in [-0.1, -0.05) is 53.5 Å². The van der Waals surface area contributed by atoms with Crippen molar-refractivity contribution < 1.29 is 4.79 Å². The van der Waals surface area contributed by atoms with Crippen LogP contribution in [0.5, 0.6) is 0 Å². The van der Waals surface area contributed by atoms with Gasteiger partial charge in [0.15, 0.2) is 0 Å². The summed E-state index contributed by atoms with van der Waals surface area (Å²) in [5.41, 5.74) is 8.77. The maximum Gasteiger partial charge on any atom is 0.229 e. The monoisotopic (exact) mass is 572 g/mol. The van der Waals surface area contributed by atoms with Crippen molar-refractivity contribution in [1.82, 2.24) is 20.2 Å². The van der Waals surface area contributed by atoms with Gasteiger partial charge in [-0.25, -0.2) is 0 Å². The molecule has 1 aliphatic carbocycles. The minimum Gasteiger partial charge on any atom is -0.358 e. The molecule has 3 aromatic carbocycles. The Kier molecular flexibility index (Phi) is 7.88. The molecule has 206 valence electrons. The summed E-state index contributed by atoms with van der Waals surface area (Å²) in [7, 11) is 0. The number of H-pyrrole nitrogens is 2. The number of nitrogens with one attached hydrogen (secondary N) is 3. The highest BCUT2D eigenvalue weighted by Crippen LogP contribution is 2.37. The molecule has 2 aromatic heterocycles. The van der Waals surface area contributed by atoms with Crippen LogP contribution in [-0.2, 0) is 30.7 Å². The third kappa shape index (κ3) is 5.51. The highest BCUT2D eigenvalue weighted by molar-refractivity contribution is 6.31. The predicted octanol–water partition coefficient (Wildman–Crippen LogP) is 7.76. The summed E-state index contributed by atoms with van der Waals surface area (Å²) in [5.74, 6) is 0.0796. The molecule has 0 bridgehead atoms. The summed E-state index contributed by atoms with van der Waals surface area (Å²) in [4.78, 5) is 21.6. The fourth-order valence-electron chi connectivity index (χ4n) is 6.21. The molecule has 1 atom stereocenters. The van der Waals surface area contributed by atoms with Crippen molar-refractivity contribution in [3.8, 4) is 0 Å². The summed E-state index contributed by atoms with van der Waals surface area (Å²) < 4.78 is 0. The maximum absolute atomic E-state index is 12.1. The van der Waals surface area contributed by atoms with Crippen LogP contribution in [0.3, 0.4) is 0 Å². The van der Waals surface area contributed by atoms with E-state index in [0.29, 0.717) is 6.54 Å². The van der Waals surface area contributed by atoms with E-state index >= 15 is 0 Å². The molecular weight excluding hydrogens is 539 g/mol. The SMILES string of the molecule is CCNC(=O)C1CCCc2c1[nH]c1ccc(Cl)cc21.Clc1ccc2[nH]c3c(c2c1)CN(Cc1ccccc1)CC3. The number of nitrogens with zero attached hydrogens (tertiary/aromatic N) is 1. The Hall–Kier alpha value is -3.25. The molecule has 0 fully saturated rings. The van der Waals surface area contributed by atoms with Gasteiger partial charge in [0.25, 0.3) is 0 Å². The Labute approximate surface area is 244 Å². The largest absolute Gasteiger partial charge is 0.358 e. The third-order valence-corrected chi connectivity index (χ3v) is 8.57. The zero-order valence-corrected chi connectivity index (χ0v) is 24.2. The Morgan fingerprint density at radius 1 is 0.925 bits per heavy atom. The number of hydrogen-bond acceptors (Lipinski definition) is 2. The van der Waals surface area contributed by atoms with Gasteiger partial charge in [0, 0.05) is 75.8 Å². The van der Waals surface area contributed by atoms with Crippen molar-refractivity contribution in [3.63, 3.8) is 0 Å². The van der Waals surface area contributed by atoms with Crippen LogP contribution in [-0.4, -0.2) is 33.9 Å². The van der Waals surface area contributed by atoms with E-state index in [4.69, 9.17) is 23.2 Å². The van der Waals surface area contributed by atoms with Gasteiger partial charge in [-0.2, -0.15) is 0 Å². The molecule has 3 heterocycles. The van der Waals surface area contributed by atoms with E-state index in [2.05, 4.69) is 62.6 Å². The lowest BCUT2D eigenvalue weighted by Gasteiger charge is -2.27. The van der Waals surface area contributed by atoms with Gasteiger partial charge < -0.3 is 15.3 Å². The van der Waals surface area contributed by atoms with E-state index in [9.17, 15) is 4.79 Å². The van der Waals surface area contributed by atoms with Crippen LogP contribution in [0.15, 0.2) is 66.7 Å². The number of carbonyl (C=O) groups excluding carboxylic acids is 1.